The van der Waals surface area contributed by atoms with Crippen molar-refractivity contribution >= 4 is 23.4 Å². The van der Waals surface area contributed by atoms with Crippen molar-refractivity contribution in [1.29, 1.82) is 0 Å². The molecule has 1 atom stereocenters. The first-order chi connectivity index (χ1) is 8.74. The summed E-state index contributed by atoms with van der Waals surface area (Å²) < 4.78 is 2.21. The Kier molecular flexibility index (Phi) is 4.45. The van der Waals surface area contributed by atoms with Gasteiger partial charge in [0.15, 0.2) is 0 Å². The lowest BCUT2D eigenvalue weighted by molar-refractivity contribution is 0.194. The minimum Gasteiger partial charge on any atom is -0.330 e. The van der Waals surface area contributed by atoms with Gasteiger partial charge >= 0.3 is 0 Å². The molecule has 1 aromatic carbocycles. The molecule has 19 heavy (non-hydrogen) atoms. The average molecular weight is 281 g/mol. The summed E-state index contributed by atoms with van der Waals surface area (Å²) in [6.07, 6.45) is 0. The van der Waals surface area contributed by atoms with Crippen LogP contribution in [0.25, 0.3) is 11.0 Å². The number of piperazine rings is 1. The van der Waals surface area contributed by atoms with Crippen LogP contribution < -0.4 is 5.32 Å². The molecular formula is C14H21ClN4. The molecule has 5 heteroatoms. The van der Waals surface area contributed by atoms with Crippen LogP contribution in [0.2, 0.25) is 0 Å². The Morgan fingerprint density at radius 1 is 1.37 bits per heavy atom. The Morgan fingerprint density at radius 3 is 2.89 bits per heavy atom. The van der Waals surface area contributed by atoms with E-state index in [-0.39, 0.29) is 12.4 Å². The van der Waals surface area contributed by atoms with Gasteiger partial charge in [-0.05, 0) is 19.1 Å². The van der Waals surface area contributed by atoms with Gasteiger partial charge in [0.2, 0.25) is 0 Å². The summed E-state index contributed by atoms with van der Waals surface area (Å²) in [5, 5.41) is 3.47. The molecule has 1 fully saturated rings. The molecule has 3 rings (SSSR count). The lowest BCUT2D eigenvalue weighted by atomic mass is 10.2. The van der Waals surface area contributed by atoms with Gasteiger partial charge in [-0.1, -0.05) is 12.1 Å². The van der Waals surface area contributed by atoms with E-state index in [1.165, 1.54) is 5.52 Å². The van der Waals surface area contributed by atoms with Gasteiger partial charge in [0.1, 0.15) is 5.82 Å². The van der Waals surface area contributed by atoms with Gasteiger partial charge in [-0.2, -0.15) is 0 Å². The van der Waals surface area contributed by atoms with Gasteiger partial charge in [0.05, 0.1) is 17.6 Å². The summed E-state index contributed by atoms with van der Waals surface area (Å²) in [6, 6.07) is 8.91. The van der Waals surface area contributed by atoms with Crippen molar-refractivity contribution < 1.29 is 0 Å². The van der Waals surface area contributed by atoms with Gasteiger partial charge in [-0.25, -0.2) is 4.98 Å². The molecule has 2 heterocycles. The van der Waals surface area contributed by atoms with Gasteiger partial charge in [0, 0.05) is 32.7 Å². The zero-order valence-corrected chi connectivity index (χ0v) is 12.3. The van der Waals surface area contributed by atoms with Crippen LogP contribution >= 0.6 is 12.4 Å². The maximum atomic E-state index is 4.73. The van der Waals surface area contributed by atoms with Crippen LogP contribution in [0.1, 0.15) is 12.7 Å². The number of nitrogens with one attached hydrogen (secondary N) is 1. The third-order valence-electron chi connectivity index (χ3n) is 3.70. The van der Waals surface area contributed by atoms with E-state index in [1.54, 1.807) is 0 Å². The van der Waals surface area contributed by atoms with Crippen LogP contribution in [0, 0.1) is 0 Å². The first-order valence-electron chi connectivity index (χ1n) is 6.60. The number of rotatable bonds is 2. The van der Waals surface area contributed by atoms with E-state index in [2.05, 4.69) is 47.0 Å². The highest BCUT2D eigenvalue weighted by Crippen LogP contribution is 2.16. The molecule has 0 saturated carbocycles. The molecule has 1 aliphatic rings. The van der Waals surface area contributed by atoms with Crippen molar-refractivity contribution in [3.63, 3.8) is 0 Å². The van der Waals surface area contributed by atoms with Crippen LogP contribution in [0.4, 0.5) is 0 Å². The third kappa shape index (κ3) is 2.91. The topological polar surface area (TPSA) is 33.1 Å². The zero-order chi connectivity index (χ0) is 12.5. The Hall–Kier alpha value is -1.10. The standard InChI is InChI=1S/C14H20N4.ClH/c1-11-9-18(8-7-15-11)10-14-16-12-5-3-4-6-13(12)17(14)2;/h3-6,11,15H,7-10H2,1-2H3;1H. The molecule has 4 nitrogen and oxygen atoms in total. The quantitative estimate of drug-likeness (QED) is 0.910. The Morgan fingerprint density at radius 2 is 2.16 bits per heavy atom. The van der Waals surface area contributed by atoms with E-state index < -0.39 is 0 Å². The summed E-state index contributed by atoms with van der Waals surface area (Å²) in [4.78, 5) is 7.21. The maximum absolute atomic E-state index is 4.73. The lowest BCUT2D eigenvalue weighted by Gasteiger charge is -2.31. The molecule has 1 saturated heterocycles. The second kappa shape index (κ2) is 5.90. The number of aromatic nitrogens is 2. The Labute approximate surface area is 120 Å². The summed E-state index contributed by atoms with van der Waals surface area (Å²) >= 11 is 0. The molecule has 0 radical (unpaired) electrons. The molecule has 1 N–H and O–H groups in total. The predicted octanol–water partition coefficient (Wildman–Crippen LogP) is 1.79. The summed E-state index contributed by atoms with van der Waals surface area (Å²) in [6.45, 7) is 6.46. The number of benzene rings is 1. The van der Waals surface area contributed by atoms with Crippen LogP contribution in [0.3, 0.4) is 0 Å². The van der Waals surface area contributed by atoms with Crippen molar-refractivity contribution in [3.05, 3.63) is 30.1 Å². The highest BCUT2D eigenvalue weighted by atomic mass is 35.5. The minimum atomic E-state index is 0. The zero-order valence-electron chi connectivity index (χ0n) is 11.5. The van der Waals surface area contributed by atoms with Gasteiger partial charge in [0.25, 0.3) is 0 Å². The molecular weight excluding hydrogens is 260 g/mol. The number of hydrogen-bond donors (Lipinski definition) is 1. The second-order valence-electron chi connectivity index (χ2n) is 5.17. The molecule has 0 aliphatic carbocycles. The van der Waals surface area contributed by atoms with Gasteiger partial charge in [-0.15, -0.1) is 12.4 Å². The largest absolute Gasteiger partial charge is 0.330 e. The number of fused-ring (bicyclic) bond motifs is 1. The van der Waals surface area contributed by atoms with Crippen LogP contribution in [-0.4, -0.2) is 40.1 Å². The lowest BCUT2D eigenvalue weighted by Crippen LogP contribution is -2.48. The number of nitrogens with zero attached hydrogens (tertiary/aromatic N) is 3. The van der Waals surface area contributed by atoms with E-state index in [9.17, 15) is 0 Å². The number of hydrogen-bond acceptors (Lipinski definition) is 3. The highest BCUT2D eigenvalue weighted by Gasteiger charge is 2.17. The molecule has 0 bridgehead atoms. The average Bonchev–Trinajstić information content (AvgIpc) is 2.67. The first-order valence-corrected chi connectivity index (χ1v) is 6.60. The molecule has 104 valence electrons. The second-order valence-corrected chi connectivity index (χ2v) is 5.17. The minimum absolute atomic E-state index is 0. The fraction of sp³-hybridized carbons (Fsp3) is 0.500. The molecule has 0 spiro atoms. The van der Waals surface area contributed by atoms with E-state index in [0.717, 1.165) is 37.5 Å². The molecule has 1 aromatic heterocycles. The summed E-state index contributed by atoms with van der Waals surface area (Å²) in [5.41, 5.74) is 2.31. The number of imidazole rings is 1. The smallest absolute Gasteiger partial charge is 0.123 e. The van der Waals surface area contributed by atoms with E-state index in [1.807, 2.05) is 6.07 Å². The molecule has 2 aromatic rings. The normalized spacial score (nSPS) is 20.4. The van der Waals surface area contributed by atoms with Crippen LogP contribution in [0.5, 0.6) is 0 Å². The summed E-state index contributed by atoms with van der Waals surface area (Å²) in [7, 11) is 2.11. The van der Waals surface area contributed by atoms with Crippen LogP contribution in [-0.2, 0) is 13.6 Å². The van der Waals surface area contributed by atoms with Crippen molar-refractivity contribution in [2.45, 2.75) is 19.5 Å². The SMILES string of the molecule is CC1CN(Cc2nc3ccccc3n2C)CCN1.Cl. The highest BCUT2D eigenvalue weighted by molar-refractivity contribution is 5.85. The van der Waals surface area contributed by atoms with E-state index in [4.69, 9.17) is 4.98 Å². The van der Waals surface area contributed by atoms with Crippen molar-refractivity contribution in [1.82, 2.24) is 19.8 Å². The number of para-hydroxylation sites is 2. The van der Waals surface area contributed by atoms with Crippen molar-refractivity contribution in [2.24, 2.45) is 7.05 Å². The molecule has 1 aliphatic heterocycles. The third-order valence-corrected chi connectivity index (χ3v) is 3.70. The maximum Gasteiger partial charge on any atom is 0.123 e. The first kappa shape index (κ1) is 14.3. The Bertz CT molecular complexity index is 551. The van der Waals surface area contributed by atoms with Gasteiger partial charge in [-0.3, -0.25) is 4.90 Å². The Balaban J connectivity index is 0.00000133. The fourth-order valence-corrected chi connectivity index (χ4v) is 2.69. The summed E-state index contributed by atoms with van der Waals surface area (Å²) in [5.74, 6) is 1.16. The van der Waals surface area contributed by atoms with E-state index >= 15 is 0 Å². The molecule has 0 amide bonds. The number of aryl methyl sites for hydroxylation is 1. The number of halogens is 1. The molecule has 1 unspecified atom stereocenters. The fourth-order valence-electron chi connectivity index (χ4n) is 2.69. The van der Waals surface area contributed by atoms with E-state index in [0.29, 0.717) is 6.04 Å². The van der Waals surface area contributed by atoms with Crippen molar-refractivity contribution in [2.75, 3.05) is 19.6 Å². The van der Waals surface area contributed by atoms with Crippen LogP contribution in [0.15, 0.2) is 24.3 Å². The monoisotopic (exact) mass is 280 g/mol. The van der Waals surface area contributed by atoms with Crippen molar-refractivity contribution in [3.8, 4) is 0 Å². The predicted molar refractivity (Wildman–Crippen MR) is 80.7 cm³/mol. The van der Waals surface area contributed by atoms with Gasteiger partial charge < -0.3 is 9.88 Å².